The Kier molecular flexibility index (Phi) is 6.70. The Bertz CT molecular complexity index is 823. The third kappa shape index (κ3) is 5.43. The van der Waals surface area contributed by atoms with Crippen LogP contribution in [-0.4, -0.2) is 37.6 Å². The topological polar surface area (TPSA) is 114 Å². The molecule has 0 unspecified atom stereocenters. The zero-order valence-corrected chi connectivity index (χ0v) is 15.0. The van der Waals surface area contributed by atoms with Crippen LogP contribution < -0.4 is 15.5 Å². The minimum Gasteiger partial charge on any atom is -0.452 e. The van der Waals surface area contributed by atoms with Crippen molar-refractivity contribution in [2.75, 3.05) is 36.2 Å². The monoisotopic (exact) mass is 372 g/mol. The lowest BCUT2D eigenvalue weighted by Gasteiger charge is -2.16. The van der Waals surface area contributed by atoms with Gasteiger partial charge in [-0.3, -0.25) is 19.8 Å². The molecule has 142 valence electrons. The first kappa shape index (κ1) is 19.7. The van der Waals surface area contributed by atoms with Crippen molar-refractivity contribution < 1.29 is 19.2 Å². The van der Waals surface area contributed by atoms with E-state index in [1.165, 1.54) is 18.1 Å². The lowest BCUT2D eigenvalue weighted by atomic mass is 10.2. The first-order valence-electron chi connectivity index (χ1n) is 8.11. The van der Waals surface area contributed by atoms with Crippen LogP contribution in [0.2, 0.25) is 0 Å². The Hall–Kier alpha value is -3.62. The Balaban J connectivity index is 1.86. The molecule has 0 saturated carbocycles. The second kappa shape index (κ2) is 9.18. The molecule has 0 bridgehead atoms. The lowest BCUT2D eigenvalue weighted by molar-refractivity contribution is -0.384. The maximum Gasteiger partial charge on any atom is 0.413 e. The molecule has 2 aromatic carbocycles. The predicted octanol–water partition coefficient (Wildman–Crippen LogP) is 3.24. The molecule has 0 heterocycles. The molecule has 0 aliphatic carbocycles. The van der Waals surface area contributed by atoms with E-state index in [2.05, 4.69) is 15.4 Å². The van der Waals surface area contributed by atoms with Gasteiger partial charge in [-0.15, -0.1) is 0 Å². The van der Waals surface area contributed by atoms with Gasteiger partial charge in [-0.2, -0.15) is 0 Å². The molecule has 9 nitrogen and oxygen atoms in total. The van der Waals surface area contributed by atoms with E-state index in [0.29, 0.717) is 17.1 Å². The minimum atomic E-state index is -0.493. The summed E-state index contributed by atoms with van der Waals surface area (Å²) in [4.78, 5) is 35.3. The van der Waals surface area contributed by atoms with Crippen LogP contribution in [0, 0.1) is 10.1 Å². The molecule has 0 aromatic heterocycles. The summed E-state index contributed by atoms with van der Waals surface area (Å²) in [7, 11) is 2.87. The van der Waals surface area contributed by atoms with E-state index in [1.54, 1.807) is 49.5 Å². The van der Waals surface area contributed by atoms with Gasteiger partial charge < -0.3 is 15.4 Å². The van der Waals surface area contributed by atoms with Crippen molar-refractivity contribution in [2.24, 2.45) is 0 Å². The van der Waals surface area contributed by atoms with Crippen LogP contribution in [0.1, 0.15) is 6.42 Å². The van der Waals surface area contributed by atoms with Gasteiger partial charge in [0.2, 0.25) is 5.91 Å². The SMILES string of the molecule is COC(=O)N(C)c1ccc(NC(=O)CCNc2ccccc2[N+](=O)[O-])cc1. The fourth-order valence-electron chi connectivity index (χ4n) is 2.33. The molecule has 9 heteroatoms. The van der Waals surface area contributed by atoms with Crippen LogP contribution in [0.25, 0.3) is 0 Å². The van der Waals surface area contributed by atoms with Crippen molar-refractivity contribution in [1.29, 1.82) is 0 Å². The summed E-state index contributed by atoms with van der Waals surface area (Å²) < 4.78 is 4.63. The van der Waals surface area contributed by atoms with Gasteiger partial charge in [0.05, 0.1) is 12.0 Å². The molecule has 0 aliphatic rings. The molecular weight excluding hydrogens is 352 g/mol. The highest BCUT2D eigenvalue weighted by atomic mass is 16.6. The van der Waals surface area contributed by atoms with Gasteiger partial charge in [0.25, 0.3) is 5.69 Å². The molecule has 0 atom stereocenters. The Morgan fingerprint density at radius 2 is 1.81 bits per heavy atom. The van der Waals surface area contributed by atoms with Gasteiger partial charge in [-0.1, -0.05) is 12.1 Å². The Morgan fingerprint density at radius 1 is 1.15 bits per heavy atom. The molecule has 0 saturated heterocycles. The van der Waals surface area contributed by atoms with Gasteiger partial charge in [-0.25, -0.2) is 4.79 Å². The number of methoxy groups -OCH3 is 1. The van der Waals surface area contributed by atoms with Crippen LogP contribution >= 0.6 is 0 Å². The number of hydrogen-bond donors (Lipinski definition) is 2. The molecule has 2 amide bonds. The highest BCUT2D eigenvalue weighted by molar-refractivity contribution is 5.92. The van der Waals surface area contributed by atoms with E-state index in [1.807, 2.05) is 0 Å². The number of rotatable bonds is 7. The van der Waals surface area contributed by atoms with Crippen molar-refractivity contribution in [3.63, 3.8) is 0 Å². The number of nitrogens with zero attached hydrogens (tertiary/aromatic N) is 2. The van der Waals surface area contributed by atoms with Crippen molar-refractivity contribution in [2.45, 2.75) is 6.42 Å². The molecule has 2 N–H and O–H groups in total. The molecule has 2 aromatic rings. The Morgan fingerprint density at radius 3 is 2.44 bits per heavy atom. The van der Waals surface area contributed by atoms with Crippen molar-refractivity contribution in [3.8, 4) is 0 Å². The second-order valence-corrected chi connectivity index (χ2v) is 5.58. The smallest absolute Gasteiger partial charge is 0.413 e. The molecule has 0 aliphatic heterocycles. The number of para-hydroxylation sites is 2. The summed E-state index contributed by atoms with van der Waals surface area (Å²) in [5.74, 6) is -0.241. The number of nitro groups is 1. The fourth-order valence-corrected chi connectivity index (χ4v) is 2.33. The molecule has 2 rings (SSSR count). The quantitative estimate of drug-likeness (QED) is 0.570. The number of carbonyl (C=O) groups excluding carboxylic acids is 2. The van der Waals surface area contributed by atoms with Crippen molar-refractivity contribution in [3.05, 3.63) is 58.6 Å². The number of ether oxygens (including phenoxy) is 1. The Labute approximate surface area is 156 Å². The van der Waals surface area contributed by atoms with E-state index in [9.17, 15) is 19.7 Å². The summed E-state index contributed by atoms with van der Waals surface area (Å²) in [5.41, 5.74) is 1.53. The number of amides is 2. The molecule has 0 spiro atoms. The third-order valence-electron chi connectivity index (χ3n) is 3.76. The highest BCUT2D eigenvalue weighted by Gasteiger charge is 2.13. The number of hydrogen-bond acceptors (Lipinski definition) is 6. The van der Waals surface area contributed by atoms with E-state index < -0.39 is 11.0 Å². The summed E-state index contributed by atoms with van der Waals surface area (Å²) in [6.45, 7) is 0.250. The van der Waals surface area contributed by atoms with E-state index >= 15 is 0 Å². The maximum atomic E-state index is 12.0. The van der Waals surface area contributed by atoms with Crippen molar-refractivity contribution >= 4 is 34.7 Å². The normalized spacial score (nSPS) is 10.0. The number of nitrogens with one attached hydrogen (secondary N) is 2. The number of carbonyl (C=O) groups is 2. The largest absolute Gasteiger partial charge is 0.452 e. The van der Waals surface area contributed by atoms with Gasteiger partial charge in [-0.05, 0) is 30.3 Å². The average molecular weight is 372 g/mol. The first-order valence-corrected chi connectivity index (χ1v) is 8.11. The van der Waals surface area contributed by atoms with Crippen molar-refractivity contribution in [1.82, 2.24) is 0 Å². The molecule has 0 fully saturated rings. The fraction of sp³-hybridized carbons (Fsp3) is 0.222. The third-order valence-corrected chi connectivity index (χ3v) is 3.76. The predicted molar refractivity (Wildman–Crippen MR) is 102 cm³/mol. The van der Waals surface area contributed by atoms with E-state index in [4.69, 9.17) is 0 Å². The number of benzene rings is 2. The summed E-state index contributed by atoms with van der Waals surface area (Å²) >= 11 is 0. The van der Waals surface area contributed by atoms with Crippen LogP contribution in [0.3, 0.4) is 0 Å². The maximum absolute atomic E-state index is 12.0. The first-order chi connectivity index (χ1) is 12.9. The number of nitro benzene ring substituents is 1. The average Bonchev–Trinajstić information content (AvgIpc) is 2.67. The second-order valence-electron chi connectivity index (χ2n) is 5.58. The van der Waals surface area contributed by atoms with Gasteiger partial charge in [0, 0.05) is 37.5 Å². The molecule has 0 radical (unpaired) electrons. The summed E-state index contributed by atoms with van der Waals surface area (Å²) in [5, 5.41) is 16.6. The van der Waals surface area contributed by atoms with E-state index in [0.717, 1.165) is 0 Å². The van der Waals surface area contributed by atoms with Crippen LogP contribution in [0.15, 0.2) is 48.5 Å². The summed E-state index contributed by atoms with van der Waals surface area (Å²) in [6.07, 6.45) is -0.358. The standard InChI is InChI=1S/C18H20N4O5/c1-21(18(24)27-2)14-9-7-13(8-10-14)20-17(23)11-12-19-15-5-3-4-6-16(15)22(25)26/h3-10,19H,11-12H2,1-2H3,(H,20,23). The zero-order valence-electron chi connectivity index (χ0n) is 15.0. The zero-order chi connectivity index (χ0) is 19.8. The van der Waals surface area contributed by atoms with Crippen LogP contribution in [-0.2, 0) is 9.53 Å². The summed E-state index contributed by atoms with van der Waals surface area (Å²) in [6, 6.07) is 12.9. The van der Waals surface area contributed by atoms with Crippen LogP contribution in [0.4, 0.5) is 27.5 Å². The molecule has 27 heavy (non-hydrogen) atoms. The van der Waals surface area contributed by atoms with Crippen LogP contribution in [0.5, 0.6) is 0 Å². The lowest BCUT2D eigenvalue weighted by Crippen LogP contribution is -2.25. The van der Waals surface area contributed by atoms with Gasteiger partial charge in [0.15, 0.2) is 0 Å². The molecular formula is C18H20N4O5. The highest BCUT2D eigenvalue weighted by Crippen LogP contribution is 2.23. The van der Waals surface area contributed by atoms with Gasteiger partial charge >= 0.3 is 6.09 Å². The minimum absolute atomic E-state index is 0.0387. The van der Waals surface area contributed by atoms with Gasteiger partial charge in [0.1, 0.15) is 5.69 Å². The number of anilines is 3. The van der Waals surface area contributed by atoms with E-state index in [-0.39, 0.29) is 24.6 Å².